The summed E-state index contributed by atoms with van der Waals surface area (Å²) in [6, 6.07) is 4.61. The Balaban J connectivity index is 1.96. The SMILES string of the molecule is CC(C)(C)Cn1c(=O)c(C(=O)NC2CC2)c(O)n2nc(-c3cccnc3F)cc12. The van der Waals surface area contributed by atoms with Gasteiger partial charge in [0.05, 0.1) is 11.3 Å². The van der Waals surface area contributed by atoms with Gasteiger partial charge in [0.25, 0.3) is 11.5 Å². The van der Waals surface area contributed by atoms with Crippen LogP contribution in [0.4, 0.5) is 4.39 Å². The van der Waals surface area contributed by atoms with E-state index in [1.165, 1.54) is 22.9 Å². The summed E-state index contributed by atoms with van der Waals surface area (Å²) in [5.41, 5.74) is -0.669. The fourth-order valence-corrected chi connectivity index (χ4v) is 3.18. The summed E-state index contributed by atoms with van der Waals surface area (Å²) in [5, 5.41) is 17.7. The molecule has 0 saturated heterocycles. The Hall–Kier alpha value is -3.23. The average molecular weight is 399 g/mol. The molecule has 0 spiro atoms. The van der Waals surface area contributed by atoms with Gasteiger partial charge in [-0.15, -0.1) is 0 Å². The van der Waals surface area contributed by atoms with Gasteiger partial charge in [0.15, 0.2) is 5.56 Å². The molecule has 3 aromatic rings. The number of nitrogens with one attached hydrogen (secondary N) is 1. The minimum atomic E-state index is -0.716. The van der Waals surface area contributed by atoms with E-state index in [0.717, 1.165) is 17.4 Å². The van der Waals surface area contributed by atoms with Gasteiger partial charge >= 0.3 is 0 Å². The molecular weight excluding hydrogens is 377 g/mol. The number of fused-ring (bicyclic) bond motifs is 1. The number of amides is 1. The molecule has 29 heavy (non-hydrogen) atoms. The van der Waals surface area contributed by atoms with Gasteiger partial charge in [0.1, 0.15) is 5.65 Å². The predicted octanol–water partition coefficient (Wildman–Crippen LogP) is 2.34. The lowest BCUT2D eigenvalue weighted by Crippen LogP contribution is -2.37. The van der Waals surface area contributed by atoms with Gasteiger partial charge in [-0.1, -0.05) is 20.8 Å². The third kappa shape index (κ3) is 3.59. The highest BCUT2D eigenvalue weighted by molar-refractivity contribution is 5.96. The summed E-state index contributed by atoms with van der Waals surface area (Å²) in [6.07, 6.45) is 3.01. The maximum absolute atomic E-state index is 14.2. The van der Waals surface area contributed by atoms with Crippen LogP contribution in [0, 0.1) is 11.4 Å². The molecule has 1 saturated carbocycles. The van der Waals surface area contributed by atoms with Crippen LogP contribution in [-0.4, -0.2) is 36.2 Å². The van der Waals surface area contributed by atoms with Gasteiger partial charge in [-0.05, 0) is 30.4 Å². The standard InChI is InChI=1S/C20H22FN5O3/c1-20(2,3)10-25-14-9-13(12-5-4-8-22-16(12)21)24-26(14)19(29)15(18(25)28)17(27)23-11-6-7-11/h4-5,8-9,11,29H,6-7,10H2,1-3H3,(H,23,27). The largest absolute Gasteiger partial charge is 0.492 e. The molecule has 1 aliphatic carbocycles. The van der Waals surface area contributed by atoms with Crippen LogP contribution in [0.3, 0.4) is 0 Å². The molecule has 1 fully saturated rings. The van der Waals surface area contributed by atoms with Crippen LogP contribution < -0.4 is 10.9 Å². The Morgan fingerprint density at radius 3 is 2.72 bits per heavy atom. The topological polar surface area (TPSA) is 102 Å². The molecule has 152 valence electrons. The maximum atomic E-state index is 14.2. The van der Waals surface area contributed by atoms with Gasteiger partial charge in [-0.3, -0.25) is 14.2 Å². The highest BCUT2D eigenvalue weighted by Crippen LogP contribution is 2.27. The van der Waals surface area contributed by atoms with Crippen LogP contribution in [0.15, 0.2) is 29.2 Å². The number of carbonyl (C=O) groups is 1. The first kappa shape index (κ1) is 19.1. The predicted molar refractivity (Wildman–Crippen MR) is 104 cm³/mol. The highest BCUT2D eigenvalue weighted by atomic mass is 19.1. The number of nitrogens with zero attached hydrogens (tertiary/aromatic N) is 4. The summed E-state index contributed by atoms with van der Waals surface area (Å²) in [7, 11) is 0. The van der Waals surface area contributed by atoms with Crippen molar-refractivity contribution in [2.75, 3.05) is 0 Å². The maximum Gasteiger partial charge on any atom is 0.270 e. The molecule has 0 unspecified atom stereocenters. The Kier molecular flexibility index (Phi) is 4.40. The number of rotatable bonds is 4. The third-order valence-corrected chi connectivity index (χ3v) is 4.66. The zero-order chi connectivity index (χ0) is 20.9. The quantitative estimate of drug-likeness (QED) is 0.656. The first-order valence-electron chi connectivity index (χ1n) is 9.43. The van der Waals surface area contributed by atoms with E-state index >= 15 is 0 Å². The molecule has 0 aromatic carbocycles. The van der Waals surface area contributed by atoms with E-state index in [1.807, 2.05) is 20.8 Å². The summed E-state index contributed by atoms with van der Waals surface area (Å²) < 4.78 is 16.7. The number of hydrogen-bond acceptors (Lipinski definition) is 5. The van der Waals surface area contributed by atoms with Gasteiger partial charge in [-0.25, -0.2) is 4.98 Å². The fraction of sp³-hybridized carbons (Fsp3) is 0.400. The van der Waals surface area contributed by atoms with Crippen molar-refractivity contribution in [2.45, 2.75) is 46.2 Å². The molecule has 1 aliphatic rings. The first-order valence-corrected chi connectivity index (χ1v) is 9.43. The van der Waals surface area contributed by atoms with E-state index in [2.05, 4.69) is 15.4 Å². The van der Waals surface area contributed by atoms with E-state index in [4.69, 9.17) is 0 Å². The van der Waals surface area contributed by atoms with Crippen LogP contribution >= 0.6 is 0 Å². The first-order chi connectivity index (χ1) is 13.7. The van der Waals surface area contributed by atoms with Crippen molar-refractivity contribution in [2.24, 2.45) is 5.41 Å². The number of hydrogen-bond donors (Lipinski definition) is 2. The van der Waals surface area contributed by atoms with Crippen LogP contribution in [0.2, 0.25) is 0 Å². The van der Waals surface area contributed by atoms with Crippen molar-refractivity contribution >= 4 is 11.6 Å². The molecule has 0 aliphatic heterocycles. The van der Waals surface area contributed by atoms with Crippen LogP contribution in [-0.2, 0) is 6.54 Å². The van der Waals surface area contributed by atoms with Gasteiger partial charge in [-0.2, -0.15) is 14.0 Å². The average Bonchev–Trinajstić information content (AvgIpc) is 3.33. The lowest BCUT2D eigenvalue weighted by atomic mass is 9.97. The van der Waals surface area contributed by atoms with Crippen molar-refractivity contribution in [3.05, 3.63) is 46.3 Å². The van der Waals surface area contributed by atoms with E-state index in [-0.39, 0.29) is 40.5 Å². The minimum Gasteiger partial charge on any atom is -0.492 e. The zero-order valence-electron chi connectivity index (χ0n) is 16.4. The summed E-state index contributed by atoms with van der Waals surface area (Å²) in [5.74, 6) is -1.92. The normalized spacial score (nSPS) is 14.3. The third-order valence-electron chi connectivity index (χ3n) is 4.66. The molecule has 0 atom stereocenters. The summed E-state index contributed by atoms with van der Waals surface area (Å²) >= 11 is 0. The van der Waals surface area contributed by atoms with Gasteiger partial charge in [0, 0.05) is 24.8 Å². The minimum absolute atomic E-state index is 0.0192. The Bertz CT molecular complexity index is 1170. The molecule has 0 radical (unpaired) electrons. The molecule has 9 heteroatoms. The summed E-state index contributed by atoms with van der Waals surface area (Å²) in [6.45, 7) is 6.13. The molecule has 3 heterocycles. The number of pyridine rings is 1. The fourth-order valence-electron chi connectivity index (χ4n) is 3.18. The second-order valence-corrected chi connectivity index (χ2v) is 8.54. The van der Waals surface area contributed by atoms with Crippen molar-refractivity contribution in [3.8, 4) is 17.1 Å². The van der Waals surface area contributed by atoms with Gasteiger partial charge in [0.2, 0.25) is 11.8 Å². The second kappa shape index (κ2) is 6.68. The summed E-state index contributed by atoms with van der Waals surface area (Å²) in [4.78, 5) is 29.4. The van der Waals surface area contributed by atoms with E-state index in [1.54, 1.807) is 6.07 Å². The molecule has 1 amide bonds. The number of aromatic nitrogens is 4. The highest BCUT2D eigenvalue weighted by Gasteiger charge is 2.30. The molecule has 0 bridgehead atoms. The number of halogens is 1. The van der Waals surface area contributed by atoms with E-state index in [9.17, 15) is 19.1 Å². The van der Waals surface area contributed by atoms with Crippen LogP contribution in [0.1, 0.15) is 44.0 Å². The van der Waals surface area contributed by atoms with Crippen molar-refractivity contribution in [1.29, 1.82) is 0 Å². The Morgan fingerprint density at radius 1 is 1.38 bits per heavy atom. The van der Waals surface area contributed by atoms with Crippen molar-refractivity contribution in [1.82, 2.24) is 24.5 Å². The zero-order valence-corrected chi connectivity index (χ0v) is 16.4. The van der Waals surface area contributed by atoms with E-state index in [0.29, 0.717) is 0 Å². The molecule has 4 rings (SSSR count). The molecule has 2 N–H and O–H groups in total. The Morgan fingerprint density at radius 2 is 2.10 bits per heavy atom. The van der Waals surface area contributed by atoms with Crippen molar-refractivity contribution in [3.63, 3.8) is 0 Å². The smallest absolute Gasteiger partial charge is 0.270 e. The van der Waals surface area contributed by atoms with Crippen molar-refractivity contribution < 1.29 is 14.3 Å². The molecule has 3 aromatic heterocycles. The molecule has 8 nitrogen and oxygen atoms in total. The molecular formula is C20H22FN5O3. The van der Waals surface area contributed by atoms with E-state index < -0.39 is 23.3 Å². The lowest BCUT2D eigenvalue weighted by Gasteiger charge is -2.21. The second-order valence-electron chi connectivity index (χ2n) is 8.54. The lowest BCUT2D eigenvalue weighted by molar-refractivity contribution is 0.0944. The number of carbonyl (C=O) groups excluding carboxylic acids is 1. The Labute approximate surface area is 166 Å². The van der Waals surface area contributed by atoms with Crippen LogP contribution in [0.25, 0.3) is 16.9 Å². The van der Waals surface area contributed by atoms with Gasteiger partial charge < -0.3 is 10.4 Å². The monoisotopic (exact) mass is 399 g/mol. The van der Waals surface area contributed by atoms with Crippen LogP contribution in [0.5, 0.6) is 5.88 Å². The number of aromatic hydroxyl groups is 1.